The van der Waals surface area contributed by atoms with E-state index in [0.717, 1.165) is 25.7 Å². The van der Waals surface area contributed by atoms with E-state index in [2.05, 4.69) is 4.99 Å². The molecule has 0 unspecified atom stereocenters. The highest BCUT2D eigenvalue weighted by Gasteiger charge is 2.19. The van der Waals surface area contributed by atoms with Crippen LogP contribution >= 0.6 is 11.3 Å². The molecule has 27 heavy (non-hydrogen) atoms. The summed E-state index contributed by atoms with van der Waals surface area (Å²) in [5.41, 5.74) is 0.571. The number of hydrogen-bond donors (Lipinski definition) is 0. The number of rotatable bonds is 6. The van der Waals surface area contributed by atoms with E-state index in [-0.39, 0.29) is 24.7 Å². The molecule has 0 bridgehead atoms. The van der Waals surface area contributed by atoms with Gasteiger partial charge in [0.15, 0.2) is 4.80 Å². The topological polar surface area (TPSA) is 104 Å². The van der Waals surface area contributed by atoms with Crippen LogP contribution in [0.2, 0.25) is 0 Å². The van der Waals surface area contributed by atoms with Crippen molar-refractivity contribution in [3.63, 3.8) is 0 Å². The van der Waals surface area contributed by atoms with E-state index in [1.807, 2.05) is 0 Å². The van der Waals surface area contributed by atoms with E-state index < -0.39 is 10.9 Å². The van der Waals surface area contributed by atoms with Gasteiger partial charge in [0, 0.05) is 18.6 Å². The van der Waals surface area contributed by atoms with Crippen LogP contribution in [0, 0.1) is 16.0 Å². The monoisotopic (exact) mass is 391 g/mol. The number of fused-ring (bicyclic) bond motifs is 1. The molecule has 1 amide bonds. The van der Waals surface area contributed by atoms with Crippen LogP contribution in [0.3, 0.4) is 0 Å². The predicted molar refractivity (Wildman–Crippen MR) is 100 cm³/mol. The molecule has 2 aromatic rings. The largest absolute Gasteiger partial charge is 0.465 e. The molecule has 1 fully saturated rings. The summed E-state index contributed by atoms with van der Waals surface area (Å²) in [6.45, 7) is 1.87. The van der Waals surface area contributed by atoms with Crippen LogP contribution in [0.1, 0.15) is 39.0 Å². The molecule has 0 saturated heterocycles. The minimum atomic E-state index is -0.475. The molecule has 1 aliphatic rings. The summed E-state index contributed by atoms with van der Waals surface area (Å²) in [7, 11) is 0. The van der Waals surface area contributed by atoms with Crippen molar-refractivity contribution in [2.24, 2.45) is 10.9 Å². The molecular weight excluding hydrogens is 370 g/mol. The van der Waals surface area contributed by atoms with E-state index >= 15 is 0 Å². The number of nitro benzene ring substituents is 1. The third-order valence-electron chi connectivity index (χ3n) is 4.63. The maximum atomic E-state index is 12.4. The zero-order chi connectivity index (χ0) is 19.4. The summed E-state index contributed by atoms with van der Waals surface area (Å²) < 4.78 is 7.19. The Morgan fingerprint density at radius 2 is 2.11 bits per heavy atom. The van der Waals surface area contributed by atoms with Gasteiger partial charge >= 0.3 is 5.97 Å². The standard InChI is InChI=1S/C18H21N3O5S/c1-2-26-17(23)11-20-14-8-7-13(21(24)25)10-15(14)27-18(20)19-16(22)9-12-5-3-4-6-12/h7-8,10,12H,2-6,9,11H2,1H3. The fraction of sp³-hybridized carbons (Fsp3) is 0.500. The fourth-order valence-electron chi connectivity index (χ4n) is 3.36. The van der Waals surface area contributed by atoms with Crippen LogP contribution in [0.5, 0.6) is 0 Å². The zero-order valence-corrected chi connectivity index (χ0v) is 15.9. The van der Waals surface area contributed by atoms with E-state index in [9.17, 15) is 19.7 Å². The highest BCUT2D eigenvalue weighted by atomic mass is 32.1. The lowest BCUT2D eigenvalue weighted by atomic mass is 10.0. The maximum absolute atomic E-state index is 12.4. The molecule has 0 spiro atoms. The van der Waals surface area contributed by atoms with Crippen LogP contribution in [0.15, 0.2) is 23.2 Å². The maximum Gasteiger partial charge on any atom is 0.326 e. The second-order valence-electron chi connectivity index (χ2n) is 6.55. The van der Waals surface area contributed by atoms with Crippen molar-refractivity contribution >= 4 is 39.1 Å². The first-order valence-electron chi connectivity index (χ1n) is 8.99. The van der Waals surface area contributed by atoms with Gasteiger partial charge in [-0.1, -0.05) is 24.2 Å². The van der Waals surface area contributed by atoms with Gasteiger partial charge in [0.05, 0.1) is 21.7 Å². The Bertz CT molecular complexity index is 940. The lowest BCUT2D eigenvalue weighted by Gasteiger charge is -2.06. The summed E-state index contributed by atoms with van der Waals surface area (Å²) in [5, 5.41) is 11.0. The number of hydrogen-bond acceptors (Lipinski definition) is 6. The smallest absolute Gasteiger partial charge is 0.326 e. The van der Waals surface area contributed by atoms with Crippen molar-refractivity contribution in [2.45, 2.75) is 45.6 Å². The zero-order valence-electron chi connectivity index (χ0n) is 15.1. The summed E-state index contributed by atoms with van der Waals surface area (Å²) in [6.07, 6.45) is 4.78. The number of nitro groups is 1. The number of aromatic nitrogens is 1. The lowest BCUT2D eigenvalue weighted by Crippen LogP contribution is -2.23. The Labute approximate surface area is 159 Å². The number of esters is 1. The van der Waals surface area contributed by atoms with E-state index in [1.165, 1.54) is 23.5 Å². The van der Waals surface area contributed by atoms with Crippen LogP contribution in [-0.4, -0.2) is 28.0 Å². The Morgan fingerprint density at radius 1 is 1.37 bits per heavy atom. The van der Waals surface area contributed by atoms with Crippen molar-refractivity contribution in [2.75, 3.05) is 6.61 Å². The average Bonchev–Trinajstić information content (AvgIpc) is 3.23. The molecule has 8 nitrogen and oxygen atoms in total. The Hall–Kier alpha value is -2.55. The highest BCUT2D eigenvalue weighted by Crippen LogP contribution is 2.28. The van der Waals surface area contributed by atoms with Gasteiger partial charge in [-0.25, -0.2) is 0 Å². The lowest BCUT2D eigenvalue weighted by molar-refractivity contribution is -0.384. The normalized spacial score (nSPS) is 15.4. The molecule has 1 aliphatic carbocycles. The summed E-state index contributed by atoms with van der Waals surface area (Å²) in [5.74, 6) is -0.295. The third kappa shape index (κ3) is 4.60. The molecule has 0 N–H and O–H groups in total. The quantitative estimate of drug-likeness (QED) is 0.427. The molecule has 144 valence electrons. The Balaban J connectivity index is 1.99. The van der Waals surface area contributed by atoms with Crippen LogP contribution in [0.4, 0.5) is 5.69 Å². The van der Waals surface area contributed by atoms with Gasteiger partial charge in [-0.3, -0.25) is 19.7 Å². The van der Waals surface area contributed by atoms with Crippen LogP contribution in [0.25, 0.3) is 10.2 Å². The second-order valence-corrected chi connectivity index (χ2v) is 7.55. The van der Waals surface area contributed by atoms with Gasteiger partial charge in [-0.15, -0.1) is 0 Å². The van der Waals surface area contributed by atoms with Crippen molar-refractivity contribution in [1.29, 1.82) is 0 Å². The molecular formula is C18H21N3O5S. The summed E-state index contributed by atoms with van der Waals surface area (Å²) >= 11 is 1.17. The number of ether oxygens (including phenoxy) is 1. The van der Waals surface area contributed by atoms with Crippen molar-refractivity contribution in [3.05, 3.63) is 33.1 Å². The fourth-order valence-corrected chi connectivity index (χ4v) is 4.44. The van der Waals surface area contributed by atoms with Crippen molar-refractivity contribution < 1.29 is 19.2 Å². The van der Waals surface area contributed by atoms with Gasteiger partial charge in [-0.05, 0) is 31.7 Å². The van der Waals surface area contributed by atoms with E-state index in [4.69, 9.17) is 4.74 Å². The third-order valence-corrected chi connectivity index (χ3v) is 5.67. The first-order valence-corrected chi connectivity index (χ1v) is 9.80. The molecule has 3 rings (SSSR count). The van der Waals surface area contributed by atoms with E-state index in [0.29, 0.717) is 27.4 Å². The first kappa shape index (κ1) is 19.2. The predicted octanol–water partition coefficient (Wildman–Crippen LogP) is 3.18. The van der Waals surface area contributed by atoms with Gasteiger partial charge in [0.2, 0.25) is 5.91 Å². The molecule has 0 radical (unpaired) electrons. The van der Waals surface area contributed by atoms with Gasteiger partial charge in [0.25, 0.3) is 5.69 Å². The minimum Gasteiger partial charge on any atom is -0.465 e. The molecule has 1 aromatic heterocycles. The summed E-state index contributed by atoms with van der Waals surface area (Å²) in [4.78, 5) is 39.5. The molecule has 1 saturated carbocycles. The van der Waals surface area contributed by atoms with Crippen LogP contribution < -0.4 is 4.80 Å². The first-order chi connectivity index (χ1) is 13.0. The second kappa shape index (κ2) is 8.43. The van der Waals surface area contributed by atoms with Gasteiger partial charge in [0.1, 0.15) is 6.54 Å². The van der Waals surface area contributed by atoms with Gasteiger partial charge in [-0.2, -0.15) is 4.99 Å². The summed E-state index contributed by atoms with van der Waals surface area (Å²) in [6, 6.07) is 4.38. The number of nitrogens with zero attached hydrogens (tertiary/aromatic N) is 3. The van der Waals surface area contributed by atoms with E-state index in [1.54, 1.807) is 17.6 Å². The molecule has 9 heteroatoms. The van der Waals surface area contributed by atoms with Crippen molar-refractivity contribution in [1.82, 2.24) is 4.57 Å². The Kier molecular flexibility index (Phi) is 6.00. The number of benzene rings is 1. The molecule has 1 aromatic carbocycles. The minimum absolute atomic E-state index is 0.0455. The van der Waals surface area contributed by atoms with Gasteiger partial charge < -0.3 is 9.30 Å². The van der Waals surface area contributed by atoms with Crippen LogP contribution in [-0.2, 0) is 20.9 Å². The number of non-ortho nitro benzene ring substituents is 1. The molecule has 1 heterocycles. The number of carbonyl (C=O) groups excluding carboxylic acids is 2. The molecule has 0 aliphatic heterocycles. The SMILES string of the molecule is CCOC(=O)Cn1c(=NC(=O)CC2CCCC2)sc2cc([N+](=O)[O-])ccc21. The highest BCUT2D eigenvalue weighted by molar-refractivity contribution is 7.16. The number of thiazole rings is 1. The Morgan fingerprint density at radius 3 is 2.78 bits per heavy atom. The number of amides is 1. The number of carbonyl (C=O) groups is 2. The van der Waals surface area contributed by atoms with Crippen molar-refractivity contribution in [3.8, 4) is 0 Å². The molecule has 0 atom stereocenters. The average molecular weight is 391 g/mol.